The van der Waals surface area contributed by atoms with Gasteiger partial charge in [0.15, 0.2) is 0 Å². The second kappa shape index (κ2) is 3.87. The molecule has 1 saturated carbocycles. The highest BCUT2D eigenvalue weighted by molar-refractivity contribution is 5.09. The van der Waals surface area contributed by atoms with Crippen molar-refractivity contribution < 1.29 is 5.11 Å². The fourth-order valence-corrected chi connectivity index (χ4v) is 3.70. The van der Waals surface area contributed by atoms with E-state index in [2.05, 4.69) is 39.8 Å². The lowest BCUT2D eigenvalue weighted by atomic mass is 9.54. The third-order valence-corrected chi connectivity index (χ3v) is 5.33. The number of hydrogen-bond donors (Lipinski definition) is 1. The summed E-state index contributed by atoms with van der Waals surface area (Å²) in [6.45, 7) is 9.04. The molecule has 4 unspecified atom stereocenters. The van der Waals surface area contributed by atoms with Gasteiger partial charge in [-0.2, -0.15) is 0 Å². The van der Waals surface area contributed by atoms with Gasteiger partial charge < -0.3 is 5.11 Å². The molecule has 0 aromatic carbocycles. The molecule has 0 aromatic heterocycles. The van der Waals surface area contributed by atoms with Crippen LogP contribution in [-0.4, -0.2) is 10.7 Å². The average Bonchev–Trinajstić information content (AvgIpc) is 2.21. The minimum Gasteiger partial charge on any atom is -0.390 e. The van der Waals surface area contributed by atoms with E-state index in [1.54, 1.807) is 0 Å². The Bertz CT molecular complexity index is 294. The maximum atomic E-state index is 10.7. The molecular formula is C15H26O. The number of allylic oxidation sites excluding steroid dienone is 2. The molecule has 2 rings (SSSR count). The number of aliphatic hydroxyl groups is 1. The van der Waals surface area contributed by atoms with Gasteiger partial charge in [0, 0.05) is 0 Å². The highest BCUT2D eigenvalue weighted by Gasteiger charge is 2.48. The number of fused-ring (bicyclic) bond motifs is 1. The Kier molecular flexibility index (Phi) is 2.94. The molecule has 2 aliphatic carbocycles. The van der Waals surface area contributed by atoms with Crippen LogP contribution in [0.2, 0.25) is 0 Å². The second-order valence-corrected chi connectivity index (χ2v) is 6.71. The predicted molar refractivity (Wildman–Crippen MR) is 68.2 cm³/mol. The van der Waals surface area contributed by atoms with Crippen LogP contribution in [0, 0.1) is 23.2 Å². The maximum absolute atomic E-state index is 10.7. The first-order valence-corrected chi connectivity index (χ1v) is 6.76. The first kappa shape index (κ1) is 12.2. The molecule has 0 aliphatic heterocycles. The molecule has 0 amide bonds. The fourth-order valence-electron chi connectivity index (χ4n) is 3.70. The monoisotopic (exact) mass is 222 g/mol. The zero-order valence-corrected chi connectivity index (χ0v) is 11.2. The Balaban J connectivity index is 2.22. The lowest BCUT2D eigenvalue weighted by Gasteiger charge is -2.52. The van der Waals surface area contributed by atoms with Crippen molar-refractivity contribution in [1.29, 1.82) is 0 Å². The van der Waals surface area contributed by atoms with E-state index in [1.165, 1.54) is 12.8 Å². The highest BCUT2D eigenvalue weighted by atomic mass is 16.3. The van der Waals surface area contributed by atoms with Crippen molar-refractivity contribution in [2.24, 2.45) is 23.2 Å². The van der Waals surface area contributed by atoms with E-state index >= 15 is 0 Å². The van der Waals surface area contributed by atoms with Gasteiger partial charge >= 0.3 is 0 Å². The van der Waals surface area contributed by atoms with Crippen LogP contribution in [-0.2, 0) is 0 Å². The Labute approximate surface area is 99.9 Å². The van der Waals surface area contributed by atoms with Crippen LogP contribution in [0.15, 0.2) is 12.2 Å². The first-order valence-electron chi connectivity index (χ1n) is 6.76. The Morgan fingerprint density at radius 2 is 2.00 bits per heavy atom. The molecule has 0 aromatic rings. The van der Waals surface area contributed by atoms with E-state index in [4.69, 9.17) is 0 Å². The van der Waals surface area contributed by atoms with Gasteiger partial charge in [-0.25, -0.2) is 0 Å². The van der Waals surface area contributed by atoms with Crippen LogP contribution in [0.1, 0.15) is 53.4 Å². The number of rotatable bonds is 1. The SMILES string of the molecule is CC1C=CCC2(C)CCC(O)(C(C)C)CC12. The van der Waals surface area contributed by atoms with E-state index in [1.807, 2.05) is 0 Å². The smallest absolute Gasteiger partial charge is 0.0673 e. The van der Waals surface area contributed by atoms with Gasteiger partial charge in [-0.15, -0.1) is 0 Å². The summed E-state index contributed by atoms with van der Waals surface area (Å²) in [7, 11) is 0. The van der Waals surface area contributed by atoms with Gasteiger partial charge in [0.05, 0.1) is 5.60 Å². The molecule has 1 nitrogen and oxygen atoms in total. The van der Waals surface area contributed by atoms with E-state index in [-0.39, 0.29) is 0 Å². The zero-order chi connectivity index (χ0) is 12.0. The topological polar surface area (TPSA) is 20.2 Å². The molecule has 0 spiro atoms. The molecule has 4 atom stereocenters. The largest absolute Gasteiger partial charge is 0.390 e. The van der Waals surface area contributed by atoms with Crippen LogP contribution in [0.5, 0.6) is 0 Å². The van der Waals surface area contributed by atoms with E-state index in [0.717, 1.165) is 12.8 Å². The summed E-state index contributed by atoms with van der Waals surface area (Å²) >= 11 is 0. The van der Waals surface area contributed by atoms with Crippen LogP contribution in [0.3, 0.4) is 0 Å². The van der Waals surface area contributed by atoms with Gasteiger partial charge in [-0.1, -0.05) is 39.8 Å². The van der Waals surface area contributed by atoms with E-state index in [0.29, 0.717) is 23.2 Å². The summed E-state index contributed by atoms with van der Waals surface area (Å²) in [5.41, 5.74) is 0.0267. The molecule has 0 saturated heterocycles. The van der Waals surface area contributed by atoms with Crippen molar-refractivity contribution in [3.05, 3.63) is 12.2 Å². The highest BCUT2D eigenvalue weighted by Crippen LogP contribution is 2.54. The van der Waals surface area contributed by atoms with Crippen LogP contribution in [0.25, 0.3) is 0 Å². The lowest BCUT2D eigenvalue weighted by Crippen LogP contribution is -2.49. The summed E-state index contributed by atoms with van der Waals surface area (Å²) < 4.78 is 0. The minimum atomic E-state index is -0.413. The Morgan fingerprint density at radius 1 is 1.31 bits per heavy atom. The third-order valence-electron chi connectivity index (χ3n) is 5.33. The predicted octanol–water partition coefficient (Wildman–Crippen LogP) is 3.78. The third kappa shape index (κ3) is 1.84. The minimum absolute atomic E-state index is 0.384. The van der Waals surface area contributed by atoms with Crippen molar-refractivity contribution >= 4 is 0 Å². The molecule has 1 fully saturated rings. The summed E-state index contributed by atoms with van der Waals surface area (Å²) in [6, 6.07) is 0. The molecule has 0 radical (unpaired) electrons. The fraction of sp³-hybridized carbons (Fsp3) is 0.867. The van der Waals surface area contributed by atoms with Gasteiger partial charge in [0.1, 0.15) is 0 Å². The molecule has 2 aliphatic rings. The van der Waals surface area contributed by atoms with Crippen LogP contribution in [0.4, 0.5) is 0 Å². The second-order valence-electron chi connectivity index (χ2n) is 6.71. The summed E-state index contributed by atoms with van der Waals surface area (Å²) in [5, 5.41) is 10.7. The Hall–Kier alpha value is -0.300. The molecule has 0 heterocycles. The summed E-state index contributed by atoms with van der Waals surface area (Å²) in [4.78, 5) is 0. The van der Waals surface area contributed by atoms with Crippen molar-refractivity contribution in [2.45, 2.75) is 59.0 Å². The summed E-state index contributed by atoms with van der Waals surface area (Å²) in [5.74, 6) is 1.68. The average molecular weight is 222 g/mol. The van der Waals surface area contributed by atoms with Crippen molar-refractivity contribution in [3.63, 3.8) is 0 Å². The summed E-state index contributed by atoms with van der Waals surface area (Å²) in [6.07, 6.45) is 9.06. The maximum Gasteiger partial charge on any atom is 0.0673 e. The van der Waals surface area contributed by atoms with Gasteiger partial charge in [0.25, 0.3) is 0 Å². The van der Waals surface area contributed by atoms with Crippen molar-refractivity contribution in [3.8, 4) is 0 Å². The number of hydrogen-bond acceptors (Lipinski definition) is 1. The molecule has 92 valence electrons. The molecular weight excluding hydrogens is 196 g/mol. The van der Waals surface area contributed by atoms with Crippen molar-refractivity contribution in [2.75, 3.05) is 0 Å². The molecule has 16 heavy (non-hydrogen) atoms. The molecule has 0 bridgehead atoms. The van der Waals surface area contributed by atoms with E-state index in [9.17, 15) is 5.11 Å². The standard InChI is InChI=1S/C15H26O/c1-11(2)15(16)9-8-14(4)7-5-6-12(3)13(14)10-15/h5-6,11-13,16H,7-10H2,1-4H3. The van der Waals surface area contributed by atoms with Gasteiger partial charge in [0.2, 0.25) is 0 Å². The quantitative estimate of drug-likeness (QED) is 0.669. The molecule has 1 heteroatoms. The zero-order valence-electron chi connectivity index (χ0n) is 11.2. The van der Waals surface area contributed by atoms with Crippen LogP contribution < -0.4 is 0 Å². The van der Waals surface area contributed by atoms with Crippen LogP contribution >= 0.6 is 0 Å². The van der Waals surface area contributed by atoms with E-state index < -0.39 is 5.60 Å². The lowest BCUT2D eigenvalue weighted by molar-refractivity contribution is -0.103. The van der Waals surface area contributed by atoms with Gasteiger partial charge in [-0.3, -0.25) is 0 Å². The first-order chi connectivity index (χ1) is 7.37. The normalized spacial score (nSPS) is 48.1. The van der Waals surface area contributed by atoms with Gasteiger partial charge in [-0.05, 0) is 48.9 Å². The van der Waals surface area contributed by atoms with Crippen molar-refractivity contribution in [1.82, 2.24) is 0 Å². The molecule has 1 N–H and O–H groups in total. The Morgan fingerprint density at radius 3 is 2.62 bits per heavy atom.